The molecular weight excluding hydrogens is 437 g/mol. The number of aromatic nitrogens is 2. The van der Waals surface area contributed by atoms with Gasteiger partial charge in [-0.1, -0.05) is 12.1 Å². The third-order valence-electron chi connectivity index (χ3n) is 5.66. The fraction of sp³-hybridized carbons (Fsp3) is 0.182. The van der Waals surface area contributed by atoms with Gasteiger partial charge in [-0.25, -0.2) is 17.6 Å². The van der Waals surface area contributed by atoms with Gasteiger partial charge in [0.05, 0.1) is 16.3 Å². The van der Waals surface area contributed by atoms with Gasteiger partial charge in [0.15, 0.2) is 9.84 Å². The Morgan fingerprint density at radius 3 is 2.38 bits per heavy atom. The van der Waals surface area contributed by atoms with E-state index < -0.39 is 33.4 Å². The lowest BCUT2D eigenvalue weighted by molar-refractivity contribution is -0.118. The van der Waals surface area contributed by atoms with Crippen LogP contribution in [-0.2, 0) is 14.6 Å². The van der Waals surface area contributed by atoms with Crippen LogP contribution in [0.1, 0.15) is 38.8 Å². The number of nitrogens with one attached hydrogen (secondary N) is 2. The molecule has 0 spiro atoms. The van der Waals surface area contributed by atoms with Gasteiger partial charge in [0.1, 0.15) is 11.5 Å². The van der Waals surface area contributed by atoms with E-state index in [9.17, 15) is 27.5 Å². The van der Waals surface area contributed by atoms with E-state index in [0.717, 1.165) is 6.26 Å². The maximum atomic E-state index is 14.5. The third-order valence-corrected chi connectivity index (χ3v) is 6.77. The summed E-state index contributed by atoms with van der Waals surface area (Å²) in [5, 5.41) is 10.6. The predicted molar refractivity (Wildman–Crippen MR) is 117 cm³/mol. The summed E-state index contributed by atoms with van der Waals surface area (Å²) >= 11 is 0. The molecule has 0 saturated carbocycles. The Morgan fingerprint density at radius 2 is 1.78 bits per heavy atom. The number of primary amides is 1. The van der Waals surface area contributed by atoms with Gasteiger partial charge in [-0.15, -0.1) is 0 Å². The fourth-order valence-corrected chi connectivity index (χ4v) is 4.93. The summed E-state index contributed by atoms with van der Waals surface area (Å²) in [6, 6.07) is 6.96. The maximum absolute atomic E-state index is 14.5. The van der Waals surface area contributed by atoms with Crippen LogP contribution in [0.4, 0.5) is 4.39 Å². The molecule has 8 nitrogen and oxygen atoms in total. The number of nitrogens with two attached hydrogens (primary N) is 1. The molecule has 4 aromatic rings. The van der Waals surface area contributed by atoms with Gasteiger partial charge in [0, 0.05) is 33.8 Å². The Morgan fingerprint density at radius 1 is 1.09 bits per heavy atom. The van der Waals surface area contributed by atoms with Crippen LogP contribution >= 0.6 is 0 Å². The van der Waals surface area contributed by atoms with Crippen molar-refractivity contribution in [2.75, 3.05) is 6.26 Å². The standard InChI is InChI=1S/C22H20FN3O5S/c1-9-4-7-13(23)19-15(9)16(10(2)25-19)18(21(24)27)17-12-6-5-11(32(3,30)31)8-14(12)26-20(17)22(28)29/h4-8,18,25-26H,1-3H3,(H2,24,27)(H,28,29). The number of carbonyl (C=O) groups is 2. The Hall–Kier alpha value is -3.66. The molecule has 32 heavy (non-hydrogen) atoms. The van der Waals surface area contributed by atoms with Crippen molar-refractivity contribution in [3.05, 3.63) is 64.2 Å². The first-order valence-corrected chi connectivity index (χ1v) is 11.5. The minimum absolute atomic E-state index is 0.00782. The lowest BCUT2D eigenvalue weighted by Crippen LogP contribution is -2.24. The number of amides is 1. The number of carbonyl (C=O) groups excluding carboxylic acids is 1. The zero-order valence-electron chi connectivity index (χ0n) is 17.4. The Bertz CT molecular complexity index is 1550. The second kappa shape index (κ2) is 7.20. The van der Waals surface area contributed by atoms with Crippen molar-refractivity contribution in [2.24, 2.45) is 5.73 Å². The zero-order chi connectivity index (χ0) is 23.5. The average molecular weight is 457 g/mol. The van der Waals surface area contributed by atoms with Crippen LogP contribution in [0.25, 0.3) is 21.8 Å². The van der Waals surface area contributed by atoms with Crippen LogP contribution in [0, 0.1) is 19.7 Å². The number of H-pyrrole nitrogens is 2. The van der Waals surface area contributed by atoms with E-state index in [1.807, 2.05) is 0 Å². The molecule has 1 atom stereocenters. The van der Waals surface area contributed by atoms with Crippen LogP contribution in [0.15, 0.2) is 35.2 Å². The highest BCUT2D eigenvalue weighted by Gasteiger charge is 2.34. The lowest BCUT2D eigenvalue weighted by Gasteiger charge is -2.16. The number of aryl methyl sites for hydroxylation is 2. The maximum Gasteiger partial charge on any atom is 0.352 e. The van der Waals surface area contributed by atoms with E-state index in [-0.39, 0.29) is 27.2 Å². The number of hydrogen-bond acceptors (Lipinski definition) is 4. The fourth-order valence-electron chi connectivity index (χ4n) is 4.28. The smallest absolute Gasteiger partial charge is 0.352 e. The number of sulfone groups is 1. The zero-order valence-corrected chi connectivity index (χ0v) is 18.2. The Labute approximate surface area is 182 Å². The van der Waals surface area contributed by atoms with Crippen LogP contribution < -0.4 is 5.73 Å². The molecule has 2 aromatic carbocycles. The number of aromatic amines is 2. The highest BCUT2D eigenvalue weighted by atomic mass is 32.2. The Balaban J connectivity index is 2.12. The second-order valence-electron chi connectivity index (χ2n) is 7.81. The second-order valence-corrected chi connectivity index (χ2v) is 9.83. The van der Waals surface area contributed by atoms with Gasteiger partial charge < -0.3 is 20.8 Å². The van der Waals surface area contributed by atoms with Crippen LogP contribution in [0.3, 0.4) is 0 Å². The highest BCUT2D eigenvalue weighted by Crippen LogP contribution is 2.40. The van der Waals surface area contributed by atoms with E-state index >= 15 is 0 Å². The van der Waals surface area contributed by atoms with Gasteiger partial charge in [0.25, 0.3) is 0 Å². The number of aromatic carboxylic acids is 1. The van der Waals surface area contributed by atoms with Gasteiger partial charge in [-0.3, -0.25) is 4.79 Å². The quantitative estimate of drug-likeness (QED) is 0.364. The van der Waals surface area contributed by atoms with Gasteiger partial charge in [0.2, 0.25) is 5.91 Å². The normalized spacial score (nSPS) is 13.0. The molecule has 0 radical (unpaired) electrons. The first-order valence-electron chi connectivity index (χ1n) is 9.57. The summed E-state index contributed by atoms with van der Waals surface area (Å²) < 4.78 is 38.4. The van der Waals surface area contributed by atoms with Crippen molar-refractivity contribution in [1.29, 1.82) is 0 Å². The van der Waals surface area contributed by atoms with E-state index in [1.54, 1.807) is 19.9 Å². The molecule has 10 heteroatoms. The average Bonchev–Trinajstić information content (AvgIpc) is 3.24. The van der Waals surface area contributed by atoms with Crippen molar-refractivity contribution < 1.29 is 27.5 Å². The summed E-state index contributed by atoms with van der Waals surface area (Å²) in [4.78, 5) is 30.5. The molecule has 0 fully saturated rings. The van der Waals surface area contributed by atoms with Crippen LogP contribution in [0.5, 0.6) is 0 Å². The molecule has 0 aliphatic heterocycles. The van der Waals surface area contributed by atoms with E-state index in [1.165, 1.54) is 24.3 Å². The van der Waals surface area contributed by atoms with Crippen LogP contribution in [0.2, 0.25) is 0 Å². The van der Waals surface area contributed by atoms with Crippen molar-refractivity contribution >= 4 is 43.5 Å². The van der Waals surface area contributed by atoms with Gasteiger partial charge in [-0.05, 0) is 43.2 Å². The van der Waals surface area contributed by atoms with Crippen molar-refractivity contribution in [3.8, 4) is 0 Å². The number of benzene rings is 2. The molecular formula is C22H20FN3O5S. The SMILES string of the molecule is Cc1[nH]c2c(F)ccc(C)c2c1C(C(N)=O)c1c(C(=O)O)[nH]c2cc(S(C)(=O)=O)ccc12. The molecule has 0 aliphatic rings. The monoisotopic (exact) mass is 457 g/mol. The van der Waals surface area contributed by atoms with Crippen LogP contribution in [-0.4, -0.2) is 41.6 Å². The van der Waals surface area contributed by atoms with Crippen molar-refractivity contribution in [3.63, 3.8) is 0 Å². The first-order chi connectivity index (χ1) is 14.9. The summed E-state index contributed by atoms with van der Waals surface area (Å²) in [5.41, 5.74) is 7.52. The molecule has 1 unspecified atom stereocenters. The molecule has 166 valence electrons. The molecule has 0 aliphatic carbocycles. The minimum Gasteiger partial charge on any atom is -0.477 e. The number of carboxylic acid groups (broad SMARTS) is 1. The predicted octanol–water partition coefficient (Wildman–Crippen LogP) is 3.12. The summed E-state index contributed by atoms with van der Waals surface area (Å²) in [6.45, 7) is 3.41. The van der Waals surface area contributed by atoms with E-state index in [4.69, 9.17) is 5.73 Å². The molecule has 4 rings (SSSR count). The molecule has 0 bridgehead atoms. The van der Waals surface area contributed by atoms with Gasteiger partial charge in [-0.2, -0.15) is 0 Å². The van der Waals surface area contributed by atoms with E-state index in [0.29, 0.717) is 27.6 Å². The number of carboxylic acids is 1. The number of hydrogen-bond donors (Lipinski definition) is 4. The topological polar surface area (TPSA) is 146 Å². The summed E-state index contributed by atoms with van der Waals surface area (Å²) in [5.74, 6) is -3.91. The lowest BCUT2D eigenvalue weighted by atomic mass is 9.85. The third kappa shape index (κ3) is 3.23. The number of fused-ring (bicyclic) bond motifs is 2. The number of halogens is 1. The molecule has 0 saturated heterocycles. The first kappa shape index (κ1) is 21.6. The largest absolute Gasteiger partial charge is 0.477 e. The molecule has 1 amide bonds. The van der Waals surface area contributed by atoms with Crippen molar-refractivity contribution in [1.82, 2.24) is 9.97 Å². The summed E-state index contributed by atoms with van der Waals surface area (Å²) in [7, 11) is -3.55. The number of rotatable bonds is 5. The minimum atomic E-state index is -3.55. The molecule has 2 heterocycles. The van der Waals surface area contributed by atoms with E-state index in [2.05, 4.69) is 9.97 Å². The van der Waals surface area contributed by atoms with Gasteiger partial charge >= 0.3 is 5.97 Å². The van der Waals surface area contributed by atoms with Crippen molar-refractivity contribution in [2.45, 2.75) is 24.7 Å². The highest BCUT2D eigenvalue weighted by molar-refractivity contribution is 7.90. The molecule has 2 aromatic heterocycles. The Kier molecular flexibility index (Phi) is 4.85. The molecule has 5 N–H and O–H groups in total. The summed E-state index contributed by atoms with van der Waals surface area (Å²) in [6.07, 6.45) is 1.04.